The summed E-state index contributed by atoms with van der Waals surface area (Å²) in [6.45, 7) is -0.261. The van der Waals surface area contributed by atoms with Gasteiger partial charge < -0.3 is 4.74 Å². The number of halogens is 3. The van der Waals surface area contributed by atoms with Crippen LogP contribution in [0.2, 0.25) is 0 Å². The van der Waals surface area contributed by atoms with Crippen molar-refractivity contribution in [2.24, 2.45) is 0 Å². The molecule has 0 N–H and O–H groups in total. The van der Waals surface area contributed by atoms with Crippen LogP contribution in [0, 0.1) is 24.0 Å². The van der Waals surface area contributed by atoms with E-state index in [2.05, 4.69) is 10.7 Å². The van der Waals surface area contributed by atoms with Crippen molar-refractivity contribution in [3.05, 3.63) is 23.8 Å². The van der Waals surface area contributed by atoms with E-state index < -0.39 is 31.3 Å². The fraction of sp³-hybridized carbons (Fsp3) is 0.111. The smallest absolute Gasteiger partial charge is 0.264 e. The summed E-state index contributed by atoms with van der Waals surface area (Å²) in [6.07, 6.45) is 4.86. The quantitative estimate of drug-likeness (QED) is 0.620. The topological polar surface area (TPSA) is 43.4 Å². The van der Waals surface area contributed by atoms with E-state index >= 15 is 0 Å². The van der Waals surface area contributed by atoms with Crippen LogP contribution in [0.3, 0.4) is 0 Å². The van der Waals surface area contributed by atoms with E-state index in [-0.39, 0.29) is 6.61 Å². The Hall–Kier alpha value is -1.32. The number of terminal acetylenes is 1. The standard InChI is InChI=1S/C9H5ClF2O3S/c1-2-5-15-6-3-4-7(16(10,13)14)9(12)8(6)11/h1,3-4H,5H2. The van der Waals surface area contributed by atoms with E-state index in [0.717, 1.165) is 12.1 Å². The Balaban J connectivity index is 3.25. The largest absolute Gasteiger partial charge is 0.478 e. The van der Waals surface area contributed by atoms with Gasteiger partial charge >= 0.3 is 0 Å². The molecule has 0 unspecified atom stereocenters. The second kappa shape index (κ2) is 4.68. The molecule has 16 heavy (non-hydrogen) atoms. The summed E-state index contributed by atoms with van der Waals surface area (Å²) in [5.74, 6) is -1.46. The maximum atomic E-state index is 13.2. The average Bonchev–Trinajstić information content (AvgIpc) is 2.18. The second-order valence-corrected chi connectivity index (χ2v) is 5.15. The van der Waals surface area contributed by atoms with Crippen LogP contribution < -0.4 is 4.74 Å². The lowest BCUT2D eigenvalue weighted by atomic mass is 10.3. The summed E-state index contributed by atoms with van der Waals surface area (Å²) in [5.41, 5.74) is 0. The molecule has 0 radical (unpaired) electrons. The highest BCUT2D eigenvalue weighted by Crippen LogP contribution is 2.27. The van der Waals surface area contributed by atoms with Crippen LogP contribution >= 0.6 is 10.7 Å². The van der Waals surface area contributed by atoms with Crippen LogP contribution in [0.25, 0.3) is 0 Å². The number of hydrogen-bond donors (Lipinski definition) is 0. The Morgan fingerprint density at radius 2 is 2.00 bits per heavy atom. The lowest BCUT2D eigenvalue weighted by molar-refractivity contribution is 0.335. The molecule has 0 heterocycles. The molecule has 0 saturated carbocycles. The molecular formula is C9H5ClF2O3S. The fourth-order valence-corrected chi connectivity index (χ4v) is 1.82. The summed E-state index contributed by atoms with van der Waals surface area (Å²) in [5, 5.41) is 0. The van der Waals surface area contributed by atoms with E-state index in [1.54, 1.807) is 0 Å². The first-order valence-electron chi connectivity index (χ1n) is 3.87. The van der Waals surface area contributed by atoms with Gasteiger partial charge in [-0.15, -0.1) is 6.42 Å². The number of ether oxygens (including phenoxy) is 1. The van der Waals surface area contributed by atoms with Crippen LogP contribution in [-0.2, 0) is 9.05 Å². The maximum Gasteiger partial charge on any atom is 0.264 e. The van der Waals surface area contributed by atoms with Crippen LogP contribution in [0.15, 0.2) is 17.0 Å². The van der Waals surface area contributed by atoms with Gasteiger partial charge in [-0.25, -0.2) is 12.8 Å². The number of rotatable bonds is 3. The zero-order chi connectivity index (χ0) is 12.3. The molecule has 0 aromatic heterocycles. The zero-order valence-electron chi connectivity index (χ0n) is 7.71. The first-order chi connectivity index (χ1) is 7.38. The summed E-state index contributed by atoms with van der Waals surface area (Å²) in [6, 6.07) is 1.73. The molecule has 1 rings (SSSR count). The van der Waals surface area contributed by atoms with Gasteiger partial charge in [-0.2, -0.15) is 4.39 Å². The highest BCUT2D eigenvalue weighted by Gasteiger charge is 2.22. The Labute approximate surface area is 95.4 Å². The average molecular weight is 267 g/mol. The van der Waals surface area contributed by atoms with Gasteiger partial charge in [-0.05, 0) is 12.1 Å². The van der Waals surface area contributed by atoms with Crippen molar-refractivity contribution >= 4 is 19.7 Å². The van der Waals surface area contributed by atoms with Gasteiger partial charge in [0.2, 0.25) is 5.82 Å². The van der Waals surface area contributed by atoms with Gasteiger partial charge in [0.15, 0.2) is 11.6 Å². The van der Waals surface area contributed by atoms with Gasteiger partial charge in [-0.3, -0.25) is 0 Å². The minimum absolute atomic E-state index is 0.261. The molecular weight excluding hydrogens is 262 g/mol. The third kappa shape index (κ3) is 2.62. The van der Waals surface area contributed by atoms with Crippen molar-refractivity contribution < 1.29 is 21.9 Å². The van der Waals surface area contributed by atoms with E-state index in [1.807, 2.05) is 0 Å². The molecule has 0 aliphatic heterocycles. The van der Waals surface area contributed by atoms with Gasteiger partial charge in [0.1, 0.15) is 11.5 Å². The normalized spacial score (nSPS) is 10.9. The third-order valence-corrected chi connectivity index (χ3v) is 2.92. The highest BCUT2D eigenvalue weighted by molar-refractivity contribution is 8.13. The summed E-state index contributed by atoms with van der Waals surface area (Å²) < 4.78 is 52.7. The van der Waals surface area contributed by atoms with Crippen molar-refractivity contribution in [3.8, 4) is 18.1 Å². The molecule has 0 atom stereocenters. The SMILES string of the molecule is C#CCOc1ccc(S(=O)(=O)Cl)c(F)c1F. The second-order valence-electron chi connectivity index (χ2n) is 2.62. The predicted molar refractivity (Wildman–Crippen MR) is 53.7 cm³/mol. The zero-order valence-corrected chi connectivity index (χ0v) is 9.28. The van der Waals surface area contributed by atoms with E-state index in [9.17, 15) is 17.2 Å². The molecule has 7 heteroatoms. The molecule has 0 bridgehead atoms. The molecule has 0 spiro atoms. The summed E-state index contributed by atoms with van der Waals surface area (Å²) in [7, 11) is 0.553. The van der Waals surface area contributed by atoms with Gasteiger partial charge in [0.05, 0.1) is 0 Å². The lowest BCUT2D eigenvalue weighted by Crippen LogP contribution is -2.03. The molecule has 3 nitrogen and oxygen atoms in total. The van der Waals surface area contributed by atoms with Crippen LogP contribution in [-0.4, -0.2) is 15.0 Å². The van der Waals surface area contributed by atoms with Crippen molar-refractivity contribution in [3.63, 3.8) is 0 Å². The third-order valence-electron chi connectivity index (χ3n) is 1.59. The lowest BCUT2D eigenvalue weighted by Gasteiger charge is -2.06. The monoisotopic (exact) mass is 266 g/mol. The van der Waals surface area contributed by atoms with Gasteiger partial charge in [0.25, 0.3) is 9.05 Å². The Morgan fingerprint density at radius 3 is 2.50 bits per heavy atom. The van der Waals surface area contributed by atoms with Crippen molar-refractivity contribution in [2.75, 3.05) is 6.61 Å². The molecule has 0 aliphatic carbocycles. The Kier molecular flexibility index (Phi) is 3.73. The Bertz CT molecular complexity index is 549. The van der Waals surface area contributed by atoms with Crippen LogP contribution in [0.4, 0.5) is 8.78 Å². The van der Waals surface area contributed by atoms with Crippen molar-refractivity contribution in [1.82, 2.24) is 0 Å². The van der Waals surface area contributed by atoms with Crippen LogP contribution in [0.1, 0.15) is 0 Å². The predicted octanol–water partition coefficient (Wildman–Crippen LogP) is 1.90. The van der Waals surface area contributed by atoms with Crippen molar-refractivity contribution in [2.45, 2.75) is 4.90 Å². The van der Waals surface area contributed by atoms with Gasteiger partial charge in [0, 0.05) is 10.7 Å². The molecule has 1 aromatic carbocycles. The molecule has 0 saturated heterocycles. The maximum absolute atomic E-state index is 13.2. The van der Waals surface area contributed by atoms with E-state index in [1.165, 1.54) is 0 Å². The van der Waals surface area contributed by atoms with E-state index in [4.69, 9.17) is 17.1 Å². The molecule has 0 aliphatic rings. The number of benzene rings is 1. The first-order valence-corrected chi connectivity index (χ1v) is 6.17. The fourth-order valence-electron chi connectivity index (χ4n) is 0.933. The summed E-state index contributed by atoms with van der Waals surface area (Å²) in [4.78, 5) is -0.945. The molecule has 0 fully saturated rings. The Morgan fingerprint density at radius 1 is 1.38 bits per heavy atom. The van der Waals surface area contributed by atoms with Crippen LogP contribution in [0.5, 0.6) is 5.75 Å². The van der Waals surface area contributed by atoms with Crippen molar-refractivity contribution in [1.29, 1.82) is 0 Å². The molecule has 0 amide bonds. The first kappa shape index (κ1) is 12.7. The van der Waals surface area contributed by atoms with Gasteiger partial charge in [-0.1, -0.05) is 5.92 Å². The highest BCUT2D eigenvalue weighted by atomic mass is 35.7. The minimum atomic E-state index is -4.33. The summed E-state index contributed by atoms with van der Waals surface area (Å²) >= 11 is 0. The molecule has 1 aromatic rings. The molecule has 86 valence electrons. The number of hydrogen-bond acceptors (Lipinski definition) is 3. The van der Waals surface area contributed by atoms with E-state index in [0.29, 0.717) is 0 Å². The minimum Gasteiger partial charge on any atom is -0.478 e.